The third-order valence-electron chi connectivity index (χ3n) is 5.53. The highest BCUT2D eigenvalue weighted by atomic mass is 32.1. The highest BCUT2D eigenvalue weighted by molar-refractivity contribution is 7.15. The van der Waals surface area contributed by atoms with Gasteiger partial charge in [-0.25, -0.2) is 4.79 Å². The summed E-state index contributed by atoms with van der Waals surface area (Å²) >= 11 is 1.72. The van der Waals surface area contributed by atoms with Crippen molar-refractivity contribution in [1.82, 2.24) is 4.90 Å². The van der Waals surface area contributed by atoms with E-state index < -0.39 is 5.60 Å². The molecular weight excluding hydrogens is 372 g/mol. The van der Waals surface area contributed by atoms with Crippen LogP contribution in [0.5, 0.6) is 0 Å². The molecule has 2 aromatic rings. The Morgan fingerprint density at radius 2 is 1.96 bits per heavy atom. The first-order chi connectivity index (χ1) is 13.3. The van der Waals surface area contributed by atoms with E-state index in [0.717, 1.165) is 17.5 Å². The fourth-order valence-corrected chi connectivity index (χ4v) is 4.57. The number of carbonyl (C=O) groups excluding carboxylic acids is 1. The Morgan fingerprint density at radius 3 is 2.54 bits per heavy atom. The summed E-state index contributed by atoms with van der Waals surface area (Å²) in [6.45, 7) is 6.76. The Morgan fingerprint density at radius 1 is 1.25 bits per heavy atom. The minimum atomic E-state index is -0.475. The van der Waals surface area contributed by atoms with Crippen LogP contribution in [0.25, 0.3) is 10.4 Å². The second-order valence-corrected chi connectivity index (χ2v) is 8.99. The van der Waals surface area contributed by atoms with Crippen LogP contribution in [0.1, 0.15) is 62.6 Å². The number of carbonyl (C=O) groups is 1. The average molecular weight is 403 g/mol. The molecule has 1 aliphatic heterocycles. The number of thiophene rings is 1. The number of hydrogen-bond donors (Lipinski definition) is 2. The van der Waals surface area contributed by atoms with E-state index in [0.29, 0.717) is 19.4 Å². The van der Waals surface area contributed by atoms with Crippen LogP contribution in [0.15, 0.2) is 36.4 Å². The zero-order chi connectivity index (χ0) is 20.3. The molecule has 3 atom stereocenters. The van der Waals surface area contributed by atoms with E-state index in [-0.39, 0.29) is 24.8 Å². The van der Waals surface area contributed by atoms with Gasteiger partial charge in [0.25, 0.3) is 0 Å². The molecule has 1 fully saturated rings. The zero-order valence-corrected chi connectivity index (χ0v) is 17.7. The smallest absolute Gasteiger partial charge is 0.410 e. The lowest BCUT2D eigenvalue weighted by Gasteiger charge is -2.41. The maximum absolute atomic E-state index is 12.6. The van der Waals surface area contributed by atoms with Crippen molar-refractivity contribution in [1.29, 1.82) is 0 Å². The summed E-state index contributed by atoms with van der Waals surface area (Å²) in [4.78, 5) is 16.7. The maximum Gasteiger partial charge on any atom is 0.410 e. The first kappa shape index (κ1) is 20.8. The predicted octanol–water partition coefficient (Wildman–Crippen LogP) is 4.87. The predicted molar refractivity (Wildman–Crippen MR) is 113 cm³/mol. The van der Waals surface area contributed by atoms with Crippen molar-refractivity contribution in [2.45, 2.75) is 57.7 Å². The molecule has 3 unspecified atom stereocenters. The van der Waals surface area contributed by atoms with E-state index in [1.807, 2.05) is 20.8 Å². The minimum Gasteiger partial charge on any atom is -0.443 e. The Balaban J connectivity index is 1.67. The van der Waals surface area contributed by atoms with Crippen LogP contribution in [0.3, 0.4) is 0 Å². The summed E-state index contributed by atoms with van der Waals surface area (Å²) in [5.41, 5.74) is 7.73. The third-order valence-corrected chi connectivity index (χ3v) is 6.87. The van der Waals surface area contributed by atoms with Crippen LogP contribution in [0, 0.1) is 0 Å². The second-order valence-electron chi connectivity index (χ2n) is 7.88. The number of nitrogens with two attached hydrogens (primary N) is 1. The van der Waals surface area contributed by atoms with Gasteiger partial charge in [0, 0.05) is 35.4 Å². The van der Waals surface area contributed by atoms with Crippen molar-refractivity contribution < 1.29 is 14.6 Å². The van der Waals surface area contributed by atoms with Crippen molar-refractivity contribution in [3.8, 4) is 10.4 Å². The maximum atomic E-state index is 12.6. The highest BCUT2D eigenvalue weighted by Gasteiger charge is 2.38. The molecule has 152 valence electrons. The van der Waals surface area contributed by atoms with Crippen molar-refractivity contribution in [2.75, 3.05) is 13.2 Å². The van der Waals surface area contributed by atoms with Gasteiger partial charge in [-0.05, 0) is 56.9 Å². The Labute approximate surface area is 171 Å². The van der Waals surface area contributed by atoms with Gasteiger partial charge in [0.1, 0.15) is 5.60 Å². The number of aliphatic hydroxyl groups is 1. The van der Waals surface area contributed by atoms with Crippen LogP contribution < -0.4 is 5.73 Å². The lowest BCUT2D eigenvalue weighted by molar-refractivity contribution is -0.0521. The van der Waals surface area contributed by atoms with Crippen molar-refractivity contribution >= 4 is 17.4 Å². The molecule has 1 amide bonds. The quantitative estimate of drug-likeness (QED) is 0.693. The first-order valence-electron chi connectivity index (χ1n) is 9.89. The van der Waals surface area contributed by atoms with Gasteiger partial charge in [-0.1, -0.05) is 24.3 Å². The fraction of sp³-hybridized carbons (Fsp3) is 0.500. The number of aliphatic hydroxyl groups excluding tert-OH is 1. The topological polar surface area (TPSA) is 75.8 Å². The molecule has 0 saturated carbocycles. The Kier molecular flexibility index (Phi) is 6.43. The van der Waals surface area contributed by atoms with Crippen LogP contribution in [0.2, 0.25) is 0 Å². The standard InChI is InChI=1S/C22H30N2O3S/c1-15(23)19-9-10-20(28-19)18-7-5-17(6-8-18)16(2)24-13-12-22(3,11-4-14-25)27-21(24)26/h5-10,15-16,25H,4,11-14,23H2,1-3H3. The average Bonchev–Trinajstić information content (AvgIpc) is 3.17. The summed E-state index contributed by atoms with van der Waals surface area (Å²) in [7, 11) is 0. The van der Waals surface area contributed by atoms with Gasteiger partial charge in [0.05, 0.1) is 6.04 Å². The van der Waals surface area contributed by atoms with Gasteiger partial charge < -0.3 is 20.5 Å². The molecule has 0 bridgehead atoms. The van der Waals surface area contributed by atoms with Crippen LogP contribution in [-0.4, -0.2) is 34.9 Å². The highest BCUT2D eigenvalue weighted by Crippen LogP contribution is 2.34. The van der Waals surface area contributed by atoms with E-state index in [1.54, 1.807) is 16.2 Å². The van der Waals surface area contributed by atoms with Gasteiger partial charge in [-0.15, -0.1) is 11.3 Å². The molecule has 0 aliphatic carbocycles. The molecule has 5 nitrogen and oxygen atoms in total. The van der Waals surface area contributed by atoms with Crippen molar-refractivity contribution in [2.24, 2.45) is 5.73 Å². The number of rotatable bonds is 7. The van der Waals surface area contributed by atoms with Crippen LogP contribution in [-0.2, 0) is 4.74 Å². The molecule has 3 rings (SSSR count). The van der Waals surface area contributed by atoms with Gasteiger partial charge in [-0.3, -0.25) is 0 Å². The Hall–Kier alpha value is -1.89. The third kappa shape index (κ3) is 4.57. The number of nitrogens with zero attached hydrogens (tertiary/aromatic N) is 1. The number of benzene rings is 1. The molecule has 1 aliphatic rings. The van der Waals surface area contributed by atoms with E-state index in [1.165, 1.54) is 9.75 Å². The van der Waals surface area contributed by atoms with Gasteiger partial charge in [0.2, 0.25) is 0 Å². The second kappa shape index (κ2) is 8.64. The molecule has 1 saturated heterocycles. The lowest BCUT2D eigenvalue weighted by atomic mass is 9.93. The van der Waals surface area contributed by atoms with E-state index in [4.69, 9.17) is 15.6 Å². The van der Waals surface area contributed by atoms with E-state index >= 15 is 0 Å². The fourth-order valence-electron chi connectivity index (χ4n) is 3.61. The normalized spacial score (nSPS) is 22.0. The summed E-state index contributed by atoms with van der Waals surface area (Å²) in [6, 6.07) is 12.6. The number of ether oxygens (including phenoxy) is 1. The van der Waals surface area contributed by atoms with Gasteiger partial charge in [-0.2, -0.15) is 0 Å². The SMILES string of the molecule is CC(N)c1ccc(-c2ccc(C(C)N3CCC(C)(CCCO)OC3=O)cc2)s1. The largest absolute Gasteiger partial charge is 0.443 e. The lowest BCUT2D eigenvalue weighted by Crippen LogP contribution is -2.48. The monoisotopic (exact) mass is 402 g/mol. The number of cyclic esters (lactones) is 1. The zero-order valence-electron chi connectivity index (χ0n) is 16.9. The number of hydrogen-bond acceptors (Lipinski definition) is 5. The number of amides is 1. The summed E-state index contributed by atoms with van der Waals surface area (Å²) in [5.74, 6) is 0. The van der Waals surface area contributed by atoms with Crippen LogP contribution >= 0.6 is 11.3 Å². The van der Waals surface area contributed by atoms with Crippen molar-refractivity contribution in [3.05, 3.63) is 46.8 Å². The summed E-state index contributed by atoms with van der Waals surface area (Å²) in [5, 5.41) is 9.04. The molecular formula is C22H30N2O3S. The van der Waals surface area contributed by atoms with E-state index in [2.05, 4.69) is 36.4 Å². The van der Waals surface area contributed by atoms with Crippen molar-refractivity contribution in [3.63, 3.8) is 0 Å². The van der Waals surface area contributed by atoms with Gasteiger partial charge >= 0.3 is 6.09 Å². The minimum absolute atomic E-state index is 0.0474. The van der Waals surface area contributed by atoms with Gasteiger partial charge in [0.15, 0.2) is 0 Å². The molecule has 28 heavy (non-hydrogen) atoms. The summed E-state index contributed by atoms with van der Waals surface area (Å²) in [6.07, 6.45) is 1.84. The first-order valence-corrected chi connectivity index (χ1v) is 10.7. The molecule has 0 spiro atoms. The van der Waals surface area contributed by atoms with E-state index in [9.17, 15) is 4.79 Å². The molecule has 1 aromatic heterocycles. The molecule has 6 heteroatoms. The molecule has 1 aromatic carbocycles. The molecule has 0 radical (unpaired) electrons. The Bertz CT molecular complexity index is 802. The molecule has 2 heterocycles. The summed E-state index contributed by atoms with van der Waals surface area (Å²) < 4.78 is 5.72. The molecule has 3 N–H and O–H groups in total. The van der Waals surface area contributed by atoms with Crippen LogP contribution in [0.4, 0.5) is 4.79 Å².